The van der Waals surface area contributed by atoms with Crippen LogP contribution in [-0.4, -0.2) is 82.5 Å². The number of hydrazine groups is 1. The molecular formula is C37H44F2N8O3. The zero-order valence-electron chi connectivity index (χ0n) is 28.4. The SMILES string of the molecule is CC[C@@H]([C@H](C)O)N1CN(c2ccc(N3CCN(c4ccccc4C(Cn4cncn4)[C@@H]4CO[C@H](c5ccc(F)cc5F)C4)CC3)cc2)C(=O)N1. The molecule has 3 fully saturated rings. The second kappa shape index (κ2) is 14.7. The summed E-state index contributed by atoms with van der Waals surface area (Å²) >= 11 is 0. The molecule has 3 aliphatic rings. The third-order valence-corrected chi connectivity index (χ3v) is 10.4. The van der Waals surface area contributed by atoms with Crippen molar-refractivity contribution in [2.75, 3.05) is 54.2 Å². The average Bonchev–Trinajstić information content (AvgIpc) is 3.90. The predicted molar refractivity (Wildman–Crippen MR) is 187 cm³/mol. The van der Waals surface area contributed by atoms with Gasteiger partial charge in [-0.05, 0) is 67.6 Å². The molecule has 2 N–H and O–H groups in total. The fourth-order valence-corrected chi connectivity index (χ4v) is 7.72. The number of anilines is 3. The van der Waals surface area contributed by atoms with Crippen molar-refractivity contribution in [2.45, 2.75) is 57.4 Å². The number of rotatable bonds is 11. The number of aliphatic hydroxyl groups is 1. The highest BCUT2D eigenvalue weighted by atomic mass is 19.1. The van der Waals surface area contributed by atoms with Crippen LogP contribution in [0.4, 0.5) is 30.6 Å². The number of hydrogen-bond donors (Lipinski definition) is 2. The number of nitrogens with zero attached hydrogens (tertiary/aromatic N) is 7. The number of carbonyl (C=O) groups is 1. The molecule has 0 bridgehead atoms. The Hall–Kier alpha value is -4.59. The molecule has 11 nitrogen and oxygen atoms in total. The summed E-state index contributed by atoms with van der Waals surface area (Å²) in [5, 5.41) is 16.3. The van der Waals surface area contributed by atoms with Crippen LogP contribution in [0.3, 0.4) is 0 Å². The summed E-state index contributed by atoms with van der Waals surface area (Å²) in [5.74, 6) is -1.07. The van der Waals surface area contributed by atoms with E-state index in [9.17, 15) is 18.7 Å². The second-order valence-electron chi connectivity index (χ2n) is 13.4. The molecule has 0 spiro atoms. The molecule has 4 aromatic rings. The molecular weight excluding hydrogens is 642 g/mol. The normalized spacial score (nSPS) is 21.8. The molecule has 0 radical (unpaired) electrons. The molecule has 50 heavy (non-hydrogen) atoms. The summed E-state index contributed by atoms with van der Waals surface area (Å²) in [6, 6.07) is 19.9. The molecule has 3 aromatic carbocycles. The highest BCUT2D eigenvalue weighted by Gasteiger charge is 2.37. The van der Waals surface area contributed by atoms with E-state index in [1.165, 1.54) is 24.0 Å². The van der Waals surface area contributed by atoms with Gasteiger partial charge in [-0.25, -0.2) is 18.6 Å². The Kier molecular flexibility index (Phi) is 9.97. The Balaban J connectivity index is 1.04. The zero-order chi connectivity index (χ0) is 34.8. The zero-order valence-corrected chi connectivity index (χ0v) is 28.4. The molecule has 264 valence electrons. The van der Waals surface area contributed by atoms with E-state index in [1.807, 2.05) is 23.7 Å². The number of urea groups is 1. The van der Waals surface area contributed by atoms with E-state index < -0.39 is 23.8 Å². The van der Waals surface area contributed by atoms with Crippen LogP contribution < -0.4 is 20.1 Å². The molecule has 0 saturated carbocycles. The van der Waals surface area contributed by atoms with Gasteiger partial charge in [-0.3, -0.25) is 15.0 Å². The monoisotopic (exact) mass is 686 g/mol. The summed E-state index contributed by atoms with van der Waals surface area (Å²) in [4.78, 5) is 23.4. The number of carbonyl (C=O) groups excluding carboxylic acids is 1. The van der Waals surface area contributed by atoms with Crippen LogP contribution in [-0.2, 0) is 11.3 Å². The van der Waals surface area contributed by atoms with Crippen LogP contribution in [0.5, 0.6) is 0 Å². The van der Waals surface area contributed by atoms with Crippen molar-refractivity contribution < 1.29 is 23.4 Å². The Labute approximate surface area is 291 Å². The van der Waals surface area contributed by atoms with E-state index in [4.69, 9.17) is 4.74 Å². The van der Waals surface area contributed by atoms with E-state index in [2.05, 4.69) is 61.7 Å². The van der Waals surface area contributed by atoms with Crippen molar-refractivity contribution >= 4 is 23.1 Å². The molecule has 1 aromatic heterocycles. The Morgan fingerprint density at radius 1 is 1.00 bits per heavy atom. The lowest BCUT2D eigenvalue weighted by molar-refractivity contribution is 0.0503. The largest absolute Gasteiger partial charge is 0.392 e. The van der Waals surface area contributed by atoms with Crippen molar-refractivity contribution in [1.82, 2.24) is 25.2 Å². The van der Waals surface area contributed by atoms with Gasteiger partial charge in [0.2, 0.25) is 0 Å². The van der Waals surface area contributed by atoms with Gasteiger partial charge in [-0.1, -0.05) is 31.2 Å². The van der Waals surface area contributed by atoms with E-state index >= 15 is 0 Å². The van der Waals surface area contributed by atoms with E-state index in [1.54, 1.807) is 23.2 Å². The van der Waals surface area contributed by atoms with Gasteiger partial charge in [-0.15, -0.1) is 0 Å². The lowest BCUT2D eigenvalue weighted by Gasteiger charge is -2.39. The fourth-order valence-electron chi connectivity index (χ4n) is 7.72. The molecule has 0 aliphatic carbocycles. The maximum atomic E-state index is 14.7. The summed E-state index contributed by atoms with van der Waals surface area (Å²) in [6.45, 7) is 8.45. The first-order chi connectivity index (χ1) is 24.3. The number of nitrogens with one attached hydrogen (secondary N) is 1. The number of para-hydroxylation sites is 1. The minimum absolute atomic E-state index is 0.0268. The third kappa shape index (κ3) is 7.03. The molecule has 4 heterocycles. The predicted octanol–water partition coefficient (Wildman–Crippen LogP) is 5.31. The summed E-state index contributed by atoms with van der Waals surface area (Å²) in [7, 11) is 0. The lowest BCUT2D eigenvalue weighted by Crippen LogP contribution is -2.47. The number of piperazine rings is 1. The minimum Gasteiger partial charge on any atom is -0.392 e. The van der Waals surface area contributed by atoms with Gasteiger partial charge in [0, 0.05) is 60.8 Å². The van der Waals surface area contributed by atoms with Gasteiger partial charge in [0.05, 0.1) is 38.1 Å². The number of aromatic nitrogens is 3. The highest BCUT2D eigenvalue weighted by Crippen LogP contribution is 2.44. The van der Waals surface area contributed by atoms with Crippen molar-refractivity contribution in [1.29, 1.82) is 0 Å². The van der Waals surface area contributed by atoms with Crippen molar-refractivity contribution in [2.24, 2.45) is 5.92 Å². The Bertz CT molecular complexity index is 1750. The van der Waals surface area contributed by atoms with E-state index in [0.717, 1.165) is 55.7 Å². The maximum absolute atomic E-state index is 14.7. The number of amides is 2. The molecule has 7 rings (SSSR count). The first-order valence-electron chi connectivity index (χ1n) is 17.4. The van der Waals surface area contributed by atoms with Gasteiger partial charge in [-0.2, -0.15) is 10.1 Å². The summed E-state index contributed by atoms with van der Waals surface area (Å²) < 4.78 is 36.4. The first kappa shape index (κ1) is 33.9. The molecule has 1 unspecified atom stereocenters. The van der Waals surface area contributed by atoms with Crippen molar-refractivity contribution in [3.05, 3.63) is 102 Å². The number of benzene rings is 3. The molecule has 3 aliphatic heterocycles. The number of hydrogen-bond acceptors (Lipinski definition) is 8. The standard InChI is InChI=1S/C37H44F2N8O3/c1-3-34(25(2)48)47-24-46(37(49)42-47)29-11-9-28(10-12-29)43-14-16-44(17-15-43)35-7-5-4-6-30(35)32(20-45-23-40-22-41-45)26-18-36(50-21-26)31-13-8-27(38)19-33(31)39/h4-13,19,22-23,25-26,32,34,36,48H,3,14-18,20-21,24H2,1-2H3,(H,42,49)/t25-,26-,32?,34-,36-/m0/s1. The van der Waals surface area contributed by atoms with Gasteiger partial charge >= 0.3 is 6.03 Å². The quantitative estimate of drug-likeness (QED) is 0.219. The number of halogens is 2. The van der Waals surface area contributed by atoms with E-state index in [0.29, 0.717) is 31.8 Å². The summed E-state index contributed by atoms with van der Waals surface area (Å²) in [5.41, 5.74) is 7.53. The highest BCUT2D eigenvalue weighted by molar-refractivity contribution is 5.93. The number of aliphatic hydroxyl groups excluding tert-OH is 1. The third-order valence-electron chi connectivity index (χ3n) is 10.4. The van der Waals surface area contributed by atoms with Gasteiger partial charge < -0.3 is 19.6 Å². The molecule has 2 amide bonds. The number of ether oxygens (including phenoxy) is 1. The minimum atomic E-state index is -0.599. The van der Waals surface area contributed by atoms with Crippen LogP contribution >= 0.6 is 0 Å². The van der Waals surface area contributed by atoms with Gasteiger partial charge in [0.1, 0.15) is 24.3 Å². The molecule has 3 saturated heterocycles. The van der Waals surface area contributed by atoms with Crippen LogP contribution in [0.25, 0.3) is 0 Å². The topological polar surface area (TPSA) is 102 Å². The maximum Gasteiger partial charge on any atom is 0.337 e. The van der Waals surface area contributed by atoms with Crippen molar-refractivity contribution in [3.8, 4) is 0 Å². The van der Waals surface area contributed by atoms with Crippen LogP contribution in [0.2, 0.25) is 0 Å². The summed E-state index contributed by atoms with van der Waals surface area (Å²) in [6.07, 6.45) is 3.57. The van der Waals surface area contributed by atoms with Crippen LogP contribution in [0.1, 0.15) is 49.8 Å². The Morgan fingerprint density at radius 2 is 1.74 bits per heavy atom. The second-order valence-corrected chi connectivity index (χ2v) is 13.4. The average molecular weight is 687 g/mol. The lowest BCUT2D eigenvalue weighted by atomic mass is 9.82. The Morgan fingerprint density at radius 3 is 2.44 bits per heavy atom. The molecule has 5 atom stereocenters. The molecule has 13 heteroatoms. The van der Waals surface area contributed by atoms with E-state index in [-0.39, 0.29) is 23.9 Å². The van der Waals surface area contributed by atoms with Gasteiger partial charge in [0.15, 0.2) is 0 Å². The first-order valence-corrected chi connectivity index (χ1v) is 17.4. The smallest absolute Gasteiger partial charge is 0.337 e. The van der Waals surface area contributed by atoms with Gasteiger partial charge in [0.25, 0.3) is 0 Å². The fraction of sp³-hybridized carbons (Fsp3) is 0.432. The van der Waals surface area contributed by atoms with Crippen LogP contribution in [0.15, 0.2) is 79.4 Å². The van der Waals surface area contributed by atoms with Crippen molar-refractivity contribution in [3.63, 3.8) is 0 Å². The van der Waals surface area contributed by atoms with Crippen LogP contribution in [0, 0.1) is 17.6 Å².